The summed E-state index contributed by atoms with van der Waals surface area (Å²) in [5.74, 6) is -0.368. The molecular formula is C21H19F2NO3. The van der Waals surface area contributed by atoms with E-state index in [0.717, 1.165) is 18.9 Å². The Bertz CT molecular complexity index is 1020. The third kappa shape index (κ3) is 3.27. The van der Waals surface area contributed by atoms with Gasteiger partial charge in [-0.25, -0.2) is 8.78 Å². The second-order valence-corrected chi connectivity index (χ2v) is 6.80. The summed E-state index contributed by atoms with van der Waals surface area (Å²) >= 11 is 0. The van der Waals surface area contributed by atoms with E-state index >= 15 is 0 Å². The molecule has 0 saturated heterocycles. The molecule has 0 unspecified atom stereocenters. The topological polar surface area (TPSA) is 42.7 Å². The van der Waals surface area contributed by atoms with E-state index < -0.39 is 11.6 Å². The van der Waals surface area contributed by atoms with Crippen LogP contribution in [0.15, 0.2) is 40.8 Å². The number of carbonyl (C=O) groups is 1. The lowest BCUT2D eigenvalue weighted by Crippen LogP contribution is -2.33. The SMILES string of the molecule is COc1ccc2oc(C)c(C(=O)N(Cc3ccc(F)cc3F)C3CC3)c2c1. The van der Waals surface area contributed by atoms with Gasteiger partial charge in [-0.1, -0.05) is 6.07 Å². The van der Waals surface area contributed by atoms with Crippen molar-refractivity contribution in [3.05, 3.63) is 64.9 Å². The van der Waals surface area contributed by atoms with E-state index in [2.05, 4.69) is 0 Å². The number of carbonyl (C=O) groups excluding carboxylic acids is 1. The van der Waals surface area contributed by atoms with Crippen LogP contribution >= 0.6 is 0 Å². The first-order valence-electron chi connectivity index (χ1n) is 8.80. The zero-order valence-electron chi connectivity index (χ0n) is 15.1. The largest absolute Gasteiger partial charge is 0.497 e. The van der Waals surface area contributed by atoms with Crippen LogP contribution in [0.3, 0.4) is 0 Å². The molecule has 1 aromatic heterocycles. The number of furan rings is 1. The molecule has 6 heteroatoms. The number of rotatable bonds is 5. The van der Waals surface area contributed by atoms with Gasteiger partial charge in [0.2, 0.25) is 0 Å². The maximum absolute atomic E-state index is 14.1. The van der Waals surface area contributed by atoms with Crippen molar-refractivity contribution in [2.75, 3.05) is 7.11 Å². The molecule has 0 N–H and O–H groups in total. The minimum Gasteiger partial charge on any atom is -0.497 e. The molecule has 0 atom stereocenters. The first-order chi connectivity index (χ1) is 13.0. The zero-order chi connectivity index (χ0) is 19.1. The van der Waals surface area contributed by atoms with Crippen molar-refractivity contribution in [2.45, 2.75) is 32.4 Å². The van der Waals surface area contributed by atoms with Crippen molar-refractivity contribution in [2.24, 2.45) is 0 Å². The van der Waals surface area contributed by atoms with Crippen molar-refractivity contribution in [3.63, 3.8) is 0 Å². The molecule has 4 rings (SSSR count). The Morgan fingerprint density at radius 1 is 1.22 bits per heavy atom. The van der Waals surface area contributed by atoms with Gasteiger partial charge in [0.05, 0.1) is 12.7 Å². The number of aryl methyl sites for hydroxylation is 1. The summed E-state index contributed by atoms with van der Waals surface area (Å²) in [5.41, 5.74) is 1.35. The summed E-state index contributed by atoms with van der Waals surface area (Å²) in [5, 5.41) is 0.669. The Morgan fingerprint density at radius 3 is 2.67 bits per heavy atom. The quantitative estimate of drug-likeness (QED) is 0.645. The standard InChI is InChI=1S/C21H19F2NO3/c1-12-20(17-10-16(26-2)7-8-19(17)27-12)21(25)24(15-5-6-15)11-13-3-4-14(22)9-18(13)23/h3-4,7-10,15H,5-6,11H2,1-2H3. The number of amides is 1. The number of benzene rings is 2. The lowest BCUT2D eigenvalue weighted by atomic mass is 10.1. The fraction of sp³-hybridized carbons (Fsp3) is 0.286. The van der Waals surface area contributed by atoms with Crippen molar-refractivity contribution in [1.82, 2.24) is 4.90 Å². The highest BCUT2D eigenvalue weighted by molar-refractivity contribution is 6.07. The number of methoxy groups -OCH3 is 1. The molecule has 3 aromatic rings. The molecule has 1 fully saturated rings. The molecule has 1 heterocycles. The van der Waals surface area contributed by atoms with Crippen molar-refractivity contribution < 1.29 is 22.7 Å². The van der Waals surface area contributed by atoms with Crippen LogP contribution in [0.25, 0.3) is 11.0 Å². The van der Waals surface area contributed by atoms with Crippen LogP contribution in [0.1, 0.15) is 34.5 Å². The summed E-state index contributed by atoms with van der Waals surface area (Å²) in [6.07, 6.45) is 1.74. The molecule has 1 aliphatic rings. The van der Waals surface area contributed by atoms with Crippen LogP contribution < -0.4 is 4.74 Å². The van der Waals surface area contributed by atoms with Gasteiger partial charge in [-0.05, 0) is 44.0 Å². The van der Waals surface area contributed by atoms with Crippen LogP contribution in [-0.2, 0) is 6.54 Å². The van der Waals surface area contributed by atoms with Gasteiger partial charge in [-0.2, -0.15) is 0 Å². The van der Waals surface area contributed by atoms with Gasteiger partial charge < -0.3 is 14.1 Å². The van der Waals surface area contributed by atoms with Gasteiger partial charge in [-0.3, -0.25) is 4.79 Å². The maximum Gasteiger partial charge on any atom is 0.258 e. The molecule has 1 saturated carbocycles. The van der Waals surface area contributed by atoms with E-state index in [-0.39, 0.29) is 18.5 Å². The second-order valence-electron chi connectivity index (χ2n) is 6.80. The molecule has 0 bridgehead atoms. The van der Waals surface area contributed by atoms with E-state index in [1.165, 1.54) is 12.1 Å². The lowest BCUT2D eigenvalue weighted by Gasteiger charge is -2.23. The third-order valence-corrected chi connectivity index (χ3v) is 4.89. The van der Waals surface area contributed by atoms with Crippen LogP contribution in [0.2, 0.25) is 0 Å². The van der Waals surface area contributed by atoms with Crippen molar-refractivity contribution in [3.8, 4) is 5.75 Å². The van der Waals surface area contributed by atoms with E-state index in [4.69, 9.17) is 9.15 Å². The molecule has 27 heavy (non-hydrogen) atoms. The Labute approximate surface area is 155 Å². The third-order valence-electron chi connectivity index (χ3n) is 4.89. The van der Waals surface area contributed by atoms with E-state index in [9.17, 15) is 13.6 Å². The monoisotopic (exact) mass is 371 g/mol. The molecule has 140 valence electrons. The van der Waals surface area contributed by atoms with Gasteiger partial charge in [-0.15, -0.1) is 0 Å². The Hall–Kier alpha value is -2.89. The van der Waals surface area contributed by atoms with Crippen LogP contribution in [0, 0.1) is 18.6 Å². The molecule has 0 aliphatic heterocycles. The molecule has 4 nitrogen and oxygen atoms in total. The highest BCUT2D eigenvalue weighted by atomic mass is 19.1. The summed E-state index contributed by atoms with van der Waals surface area (Å²) in [6.45, 7) is 1.83. The fourth-order valence-corrected chi connectivity index (χ4v) is 3.32. The van der Waals surface area contributed by atoms with Gasteiger partial charge in [0.25, 0.3) is 5.91 Å². The summed E-state index contributed by atoms with van der Waals surface area (Å²) in [7, 11) is 1.56. The lowest BCUT2D eigenvalue weighted by molar-refractivity contribution is 0.0728. The summed E-state index contributed by atoms with van der Waals surface area (Å²) in [4.78, 5) is 15.0. The number of nitrogens with zero attached hydrogens (tertiary/aromatic N) is 1. The predicted octanol–water partition coefficient (Wildman–Crippen LogP) is 4.83. The minimum absolute atomic E-state index is 0.0527. The number of hydrogen-bond donors (Lipinski definition) is 0. The van der Waals surface area contributed by atoms with E-state index in [0.29, 0.717) is 33.6 Å². The summed E-state index contributed by atoms with van der Waals surface area (Å²) in [6, 6.07) is 8.78. The zero-order valence-corrected chi connectivity index (χ0v) is 15.1. The number of halogens is 2. The Kier molecular flexibility index (Phi) is 4.34. The predicted molar refractivity (Wildman–Crippen MR) is 96.8 cm³/mol. The molecule has 1 amide bonds. The maximum atomic E-state index is 14.1. The number of ether oxygens (including phenoxy) is 1. The highest BCUT2D eigenvalue weighted by Crippen LogP contribution is 2.35. The smallest absolute Gasteiger partial charge is 0.258 e. The average molecular weight is 371 g/mol. The first kappa shape index (κ1) is 17.5. The van der Waals surface area contributed by atoms with Crippen LogP contribution in [0.5, 0.6) is 5.75 Å². The molecule has 1 aliphatic carbocycles. The van der Waals surface area contributed by atoms with Crippen molar-refractivity contribution in [1.29, 1.82) is 0 Å². The van der Waals surface area contributed by atoms with Gasteiger partial charge in [0.1, 0.15) is 28.7 Å². The fourth-order valence-electron chi connectivity index (χ4n) is 3.32. The molecule has 2 aromatic carbocycles. The first-order valence-corrected chi connectivity index (χ1v) is 8.80. The Morgan fingerprint density at radius 2 is 2.00 bits per heavy atom. The minimum atomic E-state index is -0.649. The number of fused-ring (bicyclic) bond motifs is 1. The van der Waals surface area contributed by atoms with Gasteiger partial charge >= 0.3 is 0 Å². The van der Waals surface area contributed by atoms with Gasteiger partial charge in [0.15, 0.2) is 0 Å². The van der Waals surface area contributed by atoms with Crippen molar-refractivity contribution >= 4 is 16.9 Å². The summed E-state index contributed by atoms with van der Waals surface area (Å²) < 4.78 is 38.3. The van der Waals surface area contributed by atoms with E-state index in [1.807, 2.05) is 0 Å². The van der Waals surface area contributed by atoms with Gasteiger partial charge in [0, 0.05) is 29.6 Å². The van der Waals surface area contributed by atoms with Crippen LogP contribution in [-0.4, -0.2) is 24.0 Å². The highest BCUT2D eigenvalue weighted by Gasteiger charge is 2.35. The molecule has 0 spiro atoms. The second kappa shape index (κ2) is 6.68. The normalized spacial score (nSPS) is 13.8. The van der Waals surface area contributed by atoms with Crippen LogP contribution in [0.4, 0.5) is 8.78 Å². The molecular weight excluding hydrogens is 352 g/mol. The Balaban J connectivity index is 1.72. The molecule has 0 radical (unpaired) electrons. The average Bonchev–Trinajstić information content (AvgIpc) is 3.42. The van der Waals surface area contributed by atoms with E-state index in [1.54, 1.807) is 37.1 Å². The number of hydrogen-bond acceptors (Lipinski definition) is 3.